The summed E-state index contributed by atoms with van der Waals surface area (Å²) in [7, 11) is 0. The molecule has 1 unspecified atom stereocenters. The summed E-state index contributed by atoms with van der Waals surface area (Å²) < 4.78 is 5.76. The van der Waals surface area contributed by atoms with Gasteiger partial charge in [0.15, 0.2) is 0 Å². The third-order valence-electron chi connectivity index (χ3n) is 3.72. The highest BCUT2D eigenvalue weighted by Crippen LogP contribution is 2.24. The first kappa shape index (κ1) is 14.3. The third-order valence-corrected chi connectivity index (χ3v) is 3.72. The molecule has 1 fully saturated rings. The molecule has 1 aromatic heterocycles. The molecule has 2 rings (SSSR count). The highest BCUT2D eigenvalue weighted by Gasteiger charge is 2.15. The zero-order chi connectivity index (χ0) is 13.5. The first-order chi connectivity index (χ1) is 9.29. The maximum absolute atomic E-state index is 9.86. The summed E-state index contributed by atoms with van der Waals surface area (Å²) in [5.74, 6) is 1.27. The van der Waals surface area contributed by atoms with E-state index >= 15 is 0 Å². The van der Waals surface area contributed by atoms with Crippen LogP contribution >= 0.6 is 0 Å². The Labute approximate surface area is 115 Å². The van der Waals surface area contributed by atoms with Crippen LogP contribution in [0.2, 0.25) is 0 Å². The topological polar surface area (TPSA) is 68.4 Å². The van der Waals surface area contributed by atoms with Gasteiger partial charge in [-0.05, 0) is 37.8 Å². The minimum absolute atomic E-state index is 0.454. The standard InChI is InChI=1S/C15H24N2O2/c16-10-9-14(18)13-7-4-8-15(17-13)19-11-12-5-2-1-3-6-12/h4,7-8,12,14,18H,1-3,5-6,9-11,16H2. The molecule has 0 spiro atoms. The summed E-state index contributed by atoms with van der Waals surface area (Å²) in [6, 6.07) is 5.54. The predicted octanol–water partition coefficient (Wildman–Crippen LogP) is 2.42. The molecule has 4 heteroatoms. The van der Waals surface area contributed by atoms with Gasteiger partial charge in [-0.15, -0.1) is 0 Å². The number of pyridine rings is 1. The van der Waals surface area contributed by atoms with E-state index in [0.29, 0.717) is 30.5 Å². The van der Waals surface area contributed by atoms with E-state index in [1.807, 2.05) is 18.2 Å². The molecule has 0 aromatic carbocycles. The van der Waals surface area contributed by atoms with Gasteiger partial charge < -0.3 is 15.6 Å². The molecule has 0 amide bonds. The van der Waals surface area contributed by atoms with Crippen molar-refractivity contribution in [1.29, 1.82) is 0 Å². The minimum atomic E-state index is -0.594. The molecule has 0 radical (unpaired) electrons. The van der Waals surface area contributed by atoms with Crippen LogP contribution in [0.4, 0.5) is 0 Å². The second-order valence-electron chi connectivity index (χ2n) is 5.31. The second-order valence-corrected chi connectivity index (χ2v) is 5.31. The van der Waals surface area contributed by atoms with E-state index in [9.17, 15) is 5.11 Å². The zero-order valence-electron chi connectivity index (χ0n) is 11.4. The lowest BCUT2D eigenvalue weighted by Gasteiger charge is -2.21. The van der Waals surface area contributed by atoms with Crippen LogP contribution in [0.5, 0.6) is 5.88 Å². The van der Waals surface area contributed by atoms with Crippen molar-refractivity contribution in [3.05, 3.63) is 23.9 Å². The van der Waals surface area contributed by atoms with Gasteiger partial charge in [0.25, 0.3) is 0 Å². The van der Waals surface area contributed by atoms with Gasteiger partial charge in [0.2, 0.25) is 5.88 Å². The van der Waals surface area contributed by atoms with Crippen LogP contribution in [0.25, 0.3) is 0 Å². The molecular weight excluding hydrogens is 240 g/mol. The Kier molecular flexibility index (Phi) is 5.61. The van der Waals surface area contributed by atoms with Gasteiger partial charge in [-0.25, -0.2) is 4.98 Å². The van der Waals surface area contributed by atoms with E-state index in [-0.39, 0.29) is 0 Å². The van der Waals surface area contributed by atoms with Gasteiger partial charge in [-0.2, -0.15) is 0 Å². The van der Waals surface area contributed by atoms with Crippen LogP contribution in [0, 0.1) is 5.92 Å². The fourth-order valence-electron chi connectivity index (χ4n) is 2.56. The normalized spacial score (nSPS) is 18.2. The van der Waals surface area contributed by atoms with Crippen molar-refractivity contribution in [2.75, 3.05) is 13.2 Å². The second kappa shape index (κ2) is 7.46. The van der Waals surface area contributed by atoms with E-state index in [2.05, 4.69) is 4.98 Å². The number of nitrogens with zero attached hydrogens (tertiary/aromatic N) is 1. The number of nitrogens with two attached hydrogens (primary N) is 1. The van der Waals surface area contributed by atoms with Crippen molar-refractivity contribution < 1.29 is 9.84 Å². The number of hydrogen-bond donors (Lipinski definition) is 2. The monoisotopic (exact) mass is 264 g/mol. The molecular formula is C15H24N2O2. The minimum Gasteiger partial charge on any atom is -0.477 e. The number of ether oxygens (including phenoxy) is 1. The molecule has 1 heterocycles. The average Bonchev–Trinajstić information content (AvgIpc) is 2.47. The van der Waals surface area contributed by atoms with Crippen LogP contribution in [0.15, 0.2) is 18.2 Å². The summed E-state index contributed by atoms with van der Waals surface area (Å²) in [5, 5.41) is 9.86. The number of aliphatic hydroxyl groups is 1. The van der Waals surface area contributed by atoms with E-state index in [0.717, 1.165) is 6.61 Å². The highest BCUT2D eigenvalue weighted by molar-refractivity contribution is 5.17. The van der Waals surface area contributed by atoms with E-state index in [1.54, 1.807) is 0 Å². The van der Waals surface area contributed by atoms with Gasteiger partial charge in [-0.3, -0.25) is 0 Å². The molecule has 1 aliphatic rings. The lowest BCUT2D eigenvalue weighted by Crippen LogP contribution is -2.16. The smallest absolute Gasteiger partial charge is 0.213 e. The largest absolute Gasteiger partial charge is 0.477 e. The average molecular weight is 264 g/mol. The maximum Gasteiger partial charge on any atom is 0.213 e. The van der Waals surface area contributed by atoms with Crippen molar-refractivity contribution in [3.8, 4) is 5.88 Å². The molecule has 1 aromatic rings. The van der Waals surface area contributed by atoms with Crippen LogP contribution in [0.1, 0.15) is 50.3 Å². The first-order valence-corrected chi connectivity index (χ1v) is 7.27. The number of hydrogen-bond acceptors (Lipinski definition) is 4. The number of aromatic nitrogens is 1. The van der Waals surface area contributed by atoms with Crippen molar-refractivity contribution >= 4 is 0 Å². The molecule has 106 valence electrons. The van der Waals surface area contributed by atoms with Gasteiger partial charge >= 0.3 is 0 Å². The van der Waals surface area contributed by atoms with E-state index < -0.39 is 6.10 Å². The molecule has 1 aliphatic carbocycles. The maximum atomic E-state index is 9.86. The van der Waals surface area contributed by atoms with Crippen LogP contribution < -0.4 is 10.5 Å². The van der Waals surface area contributed by atoms with Gasteiger partial charge in [0.05, 0.1) is 18.4 Å². The fraction of sp³-hybridized carbons (Fsp3) is 0.667. The summed E-state index contributed by atoms with van der Waals surface area (Å²) in [6.45, 7) is 1.19. The lowest BCUT2D eigenvalue weighted by atomic mass is 9.90. The Morgan fingerprint density at radius 1 is 1.32 bits per heavy atom. The van der Waals surface area contributed by atoms with Crippen molar-refractivity contribution in [1.82, 2.24) is 4.98 Å². The zero-order valence-corrected chi connectivity index (χ0v) is 11.4. The molecule has 1 atom stereocenters. The number of aliphatic hydroxyl groups excluding tert-OH is 1. The Hall–Kier alpha value is -1.13. The van der Waals surface area contributed by atoms with Crippen LogP contribution in [-0.4, -0.2) is 23.2 Å². The summed E-state index contributed by atoms with van der Waals surface area (Å²) in [4.78, 5) is 4.35. The Morgan fingerprint density at radius 2 is 2.11 bits per heavy atom. The van der Waals surface area contributed by atoms with Crippen LogP contribution in [-0.2, 0) is 0 Å². The van der Waals surface area contributed by atoms with E-state index in [1.165, 1.54) is 32.1 Å². The van der Waals surface area contributed by atoms with E-state index in [4.69, 9.17) is 10.5 Å². The summed E-state index contributed by atoms with van der Waals surface area (Å²) in [5.41, 5.74) is 6.09. The number of rotatable bonds is 6. The summed E-state index contributed by atoms with van der Waals surface area (Å²) >= 11 is 0. The third kappa shape index (κ3) is 4.48. The van der Waals surface area contributed by atoms with Gasteiger partial charge in [0, 0.05) is 6.07 Å². The predicted molar refractivity (Wildman–Crippen MR) is 74.9 cm³/mol. The molecule has 3 N–H and O–H groups in total. The molecule has 1 saturated carbocycles. The molecule has 19 heavy (non-hydrogen) atoms. The van der Waals surface area contributed by atoms with Crippen molar-refractivity contribution in [3.63, 3.8) is 0 Å². The lowest BCUT2D eigenvalue weighted by molar-refractivity contribution is 0.161. The molecule has 4 nitrogen and oxygen atoms in total. The summed E-state index contributed by atoms with van der Waals surface area (Å²) in [6.07, 6.45) is 6.44. The van der Waals surface area contributed by atoms with Crippen molar-refractivity contribution in [2.24, 2.45) is 11.7 Å². The van der Waals surface area contributed by atoms with Gasteiger partial charge in [-0.1, -0.05) is 25.3 Å². The SMILES string of the molecule is NCCC(O)c1cccc(OCC2CCCCC2)n1. The first-order valence-electron chi connectivity index (χ1n) is 7.27. The Balaban J connectivity index is 1.87. The molecule has 0 saturated heterocycles. The Morgan fingerprint density at radius 3 is 2.84 bits per heavy atom. The fourth-order valence-corrected chi connectivity index (χ4v) is 2.56. The molecule has 0 bridgehead atoms. The quantitative estimate of drug-likeness (QED) is 0.828. The van der Waals surface area contributed by atoms with Crippen LogP contribution in [0.3, 0.4) is 0 Å². The van der Waals surface area contributed by atoms with Gasteiger partial charge in [0.1, 0.15) is 0 Å². The molecule has 0 aliphatic heterocycles. The highest BCUT2D eigenvalue weighted by atomic mass is 16.5. The van der Waals surface area contributed by atoms with Crippen molar-refractivity contribution in [2.45, 2.75) is 44.6 Å². The Bertz CT molecular complexity index is 378.